The SMILES string of the molecule is Cc1ccc(C)c(-n2ncc(C(=O)N(C)CCC(C)O)c2C)c1. The Morgan fingerprint density at radius 1 is 1.35 bits per heavy atom. The van der Waals surface area contributed by atoms with Gasteiger partial charge in [-0.2, -0.15) is 5.10 Å². The zero-order chi connectivity index (χ0) is 17.1. The molecule has 2 aromatic rings. The summed E-state index contributed by atoms with van der Waals surface area (Å²) in [5.74, 6) is -0.0697. The lowest BCUT2D eigenvalue weighted by Crippen LogP contribution is -2.29. The predicted molar refractivity (Wildman–Crippen MR) is 91.0 cm³/mol. The largest absolute Gasteiger partial charge is 0.393 e. The monoisotopic (exact) mass is 315 g/mol. The second-order valence-electron chi connectivity index (χ2n) is 6.21. The highest BCUT2D eigenvalue weighted by atomic mass is 16.3. The van der Waals surface area contributed by atoms with E-state index in [9.17, 15) is 9.90 Å². The summed E-state index contributed by atoms with van der Waals surface area (Å²) in [6.07, 6.45) is 1.77. The molecule has 0 aliphatic rings. The van der Waals surface area contributed by atoms with Crippen LogP contribution < -0.4 is 0 Å². The van der Waals surface area contributed by atoms with E-state index in [0.29, 0.717) is 18.5 Å². The number of aromatic nitrogens is 2. The maximum absolute atomic E-state index is 12.6. The van der Waals surface area contributed by atoms with Crippen molar-refractivity contribution < 1.29 is 9.90 Å². The third-order valence-corrected chi connectivity index (χ3v) is 4.06. The molecule has 1 unspecified atom stereocenters. The molecule has 1 heterocycles. The Morgan fingerprint density at radius 3 is 2.70 bits per heavy atom. The molecule has 2 rings (SSSR count). The lowest BCUT2D eigenvalue weighted by atomic mass is 10.1. The Labute approximate surface area is 137 Å². The number of carbonyl (C=O) groups excluding carboxylic acids is 1. The fraction of sp³-hybridized carbons (Fsp3) is 0.444. The van der Waals surface area contributed by atoms with E-state index in [1.165, 1.54) is 0 Å². The molecule has 0 saturated carbocycles. The van der Waals surface area contributed by atoms with E-state index in [0.717, 1.165) is 22.5 Å². The summed E-state index contributed by atoms with van der Waals surface area (Å²) in [5.41, 5.74) is 4.69. The van der Waals surface area contributed by atoms with E-state index in [2.05, 4.69) is 23.3 Å². The van der Waals surface area contributed by atoms with E-state index in [1.54, 1.807) is 25.1 Å². The van der Waals surface area contributed by atoms with Crippen molar-refractivity contribution in [1.29, 1.82) is 0 Å². The first-order valence-electron chi connectivity index (χ1n) is 7.87. The number of aliphatic hydroxyl groups excluding tert-OH is 1. The molecule has 1 aromatic heterocycles. The van der Waals surface area contributed by atoms with Crippen LogP contribution in [0.25, 0.3) is 5.69 Å². The van der Waals surface area contributed by atoms with Gasteiger partial charge in [-0.1, -0.05) is 12.1 Å². The molecule has 1 atom stereocenters. The van der Waals surface area contributed by atoms with Crippen molar-refractivity contribution in [1.82, 2.24) is 14.7 Å². The Bertz CT molecular complexity index is 704. The van der Waals surface area contributed by atoms with Gasteiger partial charge in [0.05, 0.1) is 29.2 Å². The molecule has 5 nitrogen and oxygen atoms in total. The molecular formula is C18H25N3O2. The second-order valence-corrected chi connectivity index (χ2v) is 6.21. The van der Waals surface area contributed by atoms with Gasteiger partial charge in [-0.25, -0.2) is 4.68 Å². The molecule has 124 valence electrons. The topological polar surface area (TPSA) is 58.4 Å². The number of carbonyl (C=O) groups is 1. The quantitative estimate of drug-likeness (QED) is 0.923. The highest BCUT2D eigenvalue weighted by molar-refractivity contribution is 5.95. The average Bonchev–Trinajstić information content (AvgIpc) is 2.88. The van der Waals surface area contributed by atoms with Gasteiger partial charge in [0.25, 0.3) is 5.91 Å². The van der Waals surface area contributed by atoms with E-state index in [1.807, 2.05) is 25.5 Å². The molecule has 1 aromatic carbocycles. The molecule has 0 fully saturated rings. The lowest BCUT2D eigenvalue weighted by Gasteiger charge is -2.18. The van der Waals surface area contributed by atoms with Gasteiger partial charge in [0.2, 0.25) is 0 Å². The fourth-order valence-electron chi connectivity index (χ4n) is 2.50. The van der Waals surface area contributed by atoms with Crippen LogP contribution in [-0.2, 0) is 0 Å². The van der Waals surface area contributed by atoms with Crippen LogP contribution in [0.1, 0.15) is 40.5 Å². The Hall–Kier alpha value is -2.14. The first-order chi connectivity index (χ1) is 10.8. The van der Waals surface area contributed by atoms with Gasteiger partial charge in [-0.15, -0.1) is 0 Å². The highest BCUT2D eigenvalue weighted by Gasteiger charge is 2.19. The minimum Gasteiger partial charge on any atom is -0.393 e. The minimum atomic E-state index is -0.413. The molecule has 0 aliphatic carbocycles. The van der Waals surface area contributed by atoms with Gasteiger partial charge in [0.1, 0.15) is 0 Å². The highest BCUT2D eigenvalue weighted by Crippen LogP contribution is 2.20. The van der Waals surface area contributed by atoms with E-state index in [4.69, 9.17) is 0 Å². The zero-order valence-corrected chi connectivity index (χ0v) is 14.5. The van der Waals surface area contributed by atoms with Crippen LogP contribution >= 0.6 is 0 Å². The van der Waals surface area contributed by atoms with Gasteiger partial charge in [0.15, 0.2) is 0 Å². The normalized spacial score (nSPS) is 12.3. The van der Waals surface area contributed by atoms with Crippen LogP contribution in [0.2, 0.25) is 0 Å². The Balaban J connectivity index is 2.28. The van der Waals surface area contributed by atoms with E-state index in [-0.39, 0.29) is 5.91 Å². The summed E-state index contributed by atoms with van der Waals surface area (Å²) >= 11 is 0. The van der Waals surface area contributed by atoms with Crippen LogP contribution in [0.15, 0.2) is 24.4 Å². The van der Waals surface area contributed by atoms with Gasteiger partial charge in [0, 0.05) is 13.6 Å². The summed E-state index contributed by atoms with van der Waals surface area (Å²) in [6.45, 7) is 8.22. The summed E-state index contributed by atoms with van der Waals surface area (Å²) in [5, 5.41) is 13.8. The molecule has 23 heavy (non-hydrogen) atoms. The first kappa shape index (κ1) is 17.2. The zero-order valence-electron chi connectivity index (χ0n) is 14.5. The van der Waals surface area contributed by atoms with Crippen LogP contribution in [0, 0.1) is 20.8 Å². The first-order valence-corrected chi connectivity index (χ1v) is 7.87. The maximum atomic E-state index is 12.6. The van der Waals surface area contributed by atoms with Crippen LogP contribution in [0.3, 0.4) is 0 Å². The van der Waals surface area contributed by atoms with Gasteiger partial charge >= 0.3 is 0 Å². The minimum absolute atomic E-state index is 0.0697. The summed E-state index contributed by atoms with van der Waals surface area (Å²) in [6, 6.07) is 6.19. The van der Waals surface area contributed by atoms with Crippen molar-refractivity contribution in [2.75, 3.05) is 13.6 Å². The number of aryl methyl sites for hydroxylation is 2. The third-order valence-electron chi connectivity index (χ3n) is 4.06. The molecule has 0 bridgehead atoms. The van der Waals surface area contributed by atoms with E-state index < -0.39 is 6.10 Å². The predicted octanol–water partition coefficient (Wildman–Crippen LogP) is 2.64. The van der Waals surface area contributed by atoms with Crippen molar-refractivity contribution in [2.24, 2.45) is 0 Å². The van der Waals surface area contributed by atoms with Gasteiger partial charge in [-0.3, -0.25) is 4.79 Å². The van der Waals surface area contributed by atoms with E-state index >= 15 is 0 Å². The smallest absolute Gasteiger partial charge is 0.257 e. The molecule has 0 radical (unpaired) electrons. The fourth-order valence-corrected chi connectivity index (χ4v) is 2.50. The summed E-state index contributed by atoms with van der Waals surface area (Å²) < 4.78 is 1.82. The van der Waals surface area contributed by atoms with Crippen LogP contribution in [0.4, 0.5) is 0 Å². The number of amides is 1. The number of hydrogen-bond donors (Lipinski definition) is 1. The number of rotatable bonds is 5. The number of nitrogens with zero attached hydrogens (tertiary/aromatic N) is 3. The molecule has 1 amide bonds. The molecule has 5 heteroatoms. The second kappa shape index (κ2) is 6.96. The molecule has 0 spiro atoms. The molecule has 0 saturated heterocycles. The van der Waals surface area contributed by atoms with Crippen LogP contribution in [-0.4, -0.2) is 45.4 Å². The molecule has 0 aliphatic heterocycles. The molecular weight excluding hydrogens is 290 g/mol. The van der Waals surface area contributed by atoms with Crippen molar-refractivity contribution in [3.63, 3.8) is 0 Å². The van der Waals surface area contributed by atoms with Crippen molar-refractivity contribution in [3.05, 3.63) is 46.8 Å². The Morgan fingerprint density at radius 2 is 2.04 bits per heavy atom. The van der Waals surface area contributed by atoms with Crippen molar-refractivity contribution in [3.8, 4) is 5.69 Å². The lowest BCUT2D eigenvalue weighted by molar-refractivity contribution is 0.0768. The van der Waals surface area contributed by atoms with Crippen molar-refractivity contribution in [2.45, 2.75) is 40.2 Å². The van der Waals surface area contributed by atoms with Crippen LogP contribution in [0.5, 0.6) is 0 Å². The van der Waals surface area contributed by atoms with Gasteiger partial charge < -0.3 is 10.0 Å². The van der Waals surface area contributed by atoms with Crippen molar-refractivity contribution >= 4 is 5.91 Å². The van der Waals surface area contributed by atoms with Gasteiger partial charge in [-0.05, 0) is 51.3 Å². The summed E-state index contributed by atoms with van der Waals surface area (Å²) in [7, 11) is 1.75. The molecule has 1 N–H and O–H groups in total. The number of aliphatic hydroxyl groups is 1. The average molecular weight is 315 g/mol. The number of benzene rings is 1. The standard InChI is InChI=1S/C18H25N3O2/c1-12-6-7-13(2)17(10-12)21-15(4)16(11-19-21)18(23)20(5)9-8-14(3)22/h6-7,10-11,14,22H,8-9H2,1-5H3. The third kappa shape index (κ3) is 3.79. The Kier molecular flexibility index (Phi) is 5.21. The summed E-state index contributed by atoms with van der Waals surface area (Å²) in [4.78, 5) is 14.2. The number of hydrogen-bond acceptors (Lipinski definition) is 3. The maximum Gasteiger partial charge on any atom is 0.257 e.